The van der Waals surface area contributed by atoms with E-state index >= 15 is 0 Å². The SMILES string of the molecule is COC(=O)C1CCC(NC(=O)c2cccn3c(=O)c4cc(-c5cccnc5)ccc4nc23)CC1. The molecule has 3 heterocycles. The van der Waals surface area contributed by atoms with Gasteiger partial charge in [-0.15, -0.1) is 0 Å². The number of benzene rings is 1. The molecule has 0 aliphatic heterocycles. The van der Waals surface area contributed by atoms with Crippen molar-refractivity contribution in [2.24, 2.45) is 5.92 Å². The predicted molar refractivity (Wildman–Crippen MR) is 127 cm³/mol. The highest BCUT2D eigenvalue weighted by Crippen LogP contribution is 2.26. The van der Waals surface area contributed by atoms with Crippen molar-refractivity contribution in [1.29, 1.82) is 0 Å². The molecule has 1 fully saturated rings. The standard InChI is InChI=1S/C26H24N4O4/c1-34-26(33)16-6-9-19(10-7-16)28-24(31)20-5-3-13-30-23(20)29-22-11-8-17(14-21(22)25(30)32)18-4-2-12-27-15-18/h2-5,8,11-16,19H,6-7,9-10H2,1H3,(H,28,31). The zero-order chi connectivity index (χ0) is 23.7. The van der Waals surface area contributed by atoms with Crippen LogP contribution in [0.4, 0.5) is 0 Å². The monoisotopic (exact) mass is 456 g/mol. The number of rotatable bonds is 4. The van der Waals surface area contributed by atoms with Gasteiger partial charge in [-0.05, 0) is 61.6 Å². The number of fused-ring (bicyclic) bond motifs is 2. The maximum absolute atomic E-state index is 13.3. The summed E-state index contributed by atoms with van der Waals surface area (Å²) in [7, 11) is 1.40. The molecule has 1 aliphatic carbocycles. The Kier molecular flexibility index (Phi) is 5.79. The molecule has 0 bridgehead atoms. The van der Waals surface area contributed by atoms with Gasteiger partial charge in [0.05, 0.1) is 29.5 Å². The van der Waals surface area contributed by atoms with E-state index in [9.17, 15) is 14.4 Å². The summed E-state index contributed by atoms with van der Waals surface area (Å²) in [6.07, 6.45) is 7.82. The lowest BCUT2D eigenvalue weighted by Gasteiger charge is -2.27. The number of hydrogen-bond donors (Lipinski definition) is 1. The van der Waals surface area contributed by atoms with Gasteiger partial charge in [0.25, 0.3) is 11.5 Å². The first kappa shape index (κ1) is 21.8. The molecule has 1 aliphatic rings. The van der Waals surface area contributed by atoms with Crippen molar-refractivity contribution in [3.8, 4) is 11.1 Å². The first-order valence-electron chi connectivity index (χ1n) is 11.3. The third-order valence-electron chi connectivity index (χ3n) is 6.48. The number of aromatic nitrogens is 3. The van der Waals surface area contributed by atoms with Gasteiger partial charge < -0.3 is 10.1 Å². The third kappa shape index (κ3) is 4.03. The summed E-state index contributed by atoms with van der Waals surface area (Å²) in [6.45, 7) is 0. The molecule has 0 unspecified atom stereocenters. The Morgan fingerprint density at radius 3 is 2.62 bits per heavy atom. The summed E-state index contributed by atoms with van der Waals surface area (Å²) in [4.78, 5) is 47.0. The Hall–Kier alpha value is -4.07. The molecule has 0 spiro atoms. The summed E-state index contributed by atoms with van der Waals surface area (Å²) in [5.41, 5.74) is 2.72. The van der Waals surface area contributed by atoms with Crippen LogP contribution in [-0.4, -0.2) is 39.4 Å². The van der Waals surface area contributed by atoms with Gasteiger partial charge >= 0.3 is 5.97 Å². The topological polar surface area (TPSA) is 103 Å². The Balaban J connectivity index is 1.45. The second kappa shape index (κ2) is 9.05. The van der Waals surface area contributed by atoms with Crippen LogP contribution < -0.4 is 10.9 Å². The van der Waals surface area contributed by atoms with Crippen LogP contribution in [0.1, 0.15) is 36.0 Å². The van der Waals surface area contributed by atoms with Crippen molar-refractivity contribution in [1.82, 2.24) is 19.7 Å². The summed E-state index contributed by atoms with van der Waals surface area (Å²) in [6, 6.07) is 12.6. The molecule has 0 saturated heterocycles. The van der Waals surface area contributed by atoms with E-state index in [1.54, 1.807) is 42.9 Å². The van der Waals surface area contributed by atoms with Gasteiger partial charge in [0.15, 0.2) is 5.65 Å². The third-order valence-corrected chi connectivity index (χ3v) is 6.48. The van der Waals surface area contributed by atoms with Gasteiger partial charge in [0, 0.05) is 30.2 Å². The minimum atomic E-state index is -0.280. The highest BCUT2D eigenvalue weighted by Gasteiger charge is 2.28. The predicted octanol–water partition coefficient (Wildman–Crippen LogP) is 3.37. The molecule has 1 N–H and O–H groups in total. The number of hydrogen-bond acceptors (Lipinski definition) is 6. The quantitative estimate of drug-likeness (QED) is 0.373. The highest BCUT2D eigenvalue weighted by molar-refractivity contribution is 6.01. The number of carbonyl (C=O) groups excluding carboxylic acids is 2. The van der Waals surface area contributed by atoms with E-state index in [0.717, 1.165) is 11.1 Å². The zero-order valence-electron chi connectivity index (χ0n) is 18.7. The van der Waals surface area contributed by atoms with E-state index in [0.29, 0.717) is 47.8 Å². The van der Waals surface area contributed by atoms with E-state index in [1.807, 2.05) is 18.2 Å². The second-order valence-corrected chi connectivity index (χ2v) is 8.55. The number of ether oxygens (including phenoxy) is 1. The largest absolute Gasteiger partial charge is 0.469 e. The lowest BCUT2D eigenvalue weighted by molar-refractivity contribution is -0.146. The van der Waals surface area contributed by atoms with E-state index < -0.39 is 0 Å². The van der Waals surface area contributed by atoms with Crippen LogP contribution in [0.2, 0.25) is 0 Å². The number of pyridine rings is 2. The van der Waals surface area contributed by atoms with Crippen LogP contribution >= 0.6 is 0 Å². The Labute approximate surface area is 195 Å². The molecule has 1 aromatic carbocycles. The minimum absolute atomic E-state index is 0.0390. The number of carbonyl (C=O) groups is 2. The molecule has 1 saturated carbocycles. The van der Waals surface area contributed by atoms with Crippen molar-refractivity contribution in [2.45, 2.75) is 31.7 Å². The number of nitrogens with zero attached hydrogens (tertiary/aromatic N) is 3. The van der Waals surface area contributed by atoms with E-state index in [-0.39, 0.29) is 29.4 Å². The first-order valence-corrected chi connectivity index (χ1v) is 11.3. The van der Waals surface area contributed by atoms with E-state index in [2.05, 4.69) is 15.3 Å². The van der Waals surface area contributed by atoms with E-state index in [1.165, 1.54) is 11.5 Å². The van der Waals surface area contributed by atoms with Gasteiger partial charge in [0.1, 0.15) is 0 Å². The van der Waals surface area contributed by atoms with Gasteiger partial charge in [0.2, 0.25) is 0 Å². The van der Waals surface area contributed by atoms with Crippen LogP contribution in [-0.2, 0) is 9.53 Å². The minimum Gasteiger partial charge on any atom is -0.469 e. The molecule has 3 aromatic heterocycles. The van der Waals surface area contributed by atoms with Crippen LogP contribution in [0.25, 0.3) is 27.7 Å². The Bertz CT molecular complexity index is 1440. The number of nitrogens with one attached hydrogen (secondary N) is 1. The molecule has 8 nitrogen and oxygen atoms in total. The highest BCUT2D eigenvalue weighted by atomic mass is 16.5. The Morgan fingerprint density at radius 2 is 1.88 bits per heavy atom. The summed E-state index contributed by atoms with van der Waals surface area (Å²) in [5.74, 6) is -0.585. The number of amides is 1. The van der Waals surface area contributed by atoms with Gasteiger partial charge in [-0.2, -0.15) is 0 Å². The van der Waals surface area contributed by atoms with Crippen molar-refractivity contribution < 1.29 is 14.3 Å². The fourth-order valence-electron chi connectivity index (χ4n) is 4.62. The molecular formula is C26H24N4O4. The summed E-state index contributed by atoms with van der Waals surface area (Å²) < 4.78 is 6.25. The van der Waals surface area contributed by atoms with Crippen molar-refractivity contribution in [3.63, 3.8) is 0 Å². The van der Waals surface area contributed by atoms with E-state index in [4.69, 9.17) is 4.74 Å². The van der Waals surface area contributed by atoms with Crippen LogP contribution in [0.5, 0.6) is 0 Å². The lowest BCUT2D eigenvalue weighted by atomic mass is 9.86. The molecule has 8 heteroatoms. The molecule has 0 atom stereocenters. The average Bonchev–Trinajstić information content (AvgIpc) is 2.89. The molecule has 0 radical (unpaired) electrons. The van der Waals surface area contributed by atoms with Crippen LogP contribution in [0, 0.1) is 5.92 Å². The van der Waals surface area contributed by atoms with Gasteiger partial charge in [-0.25, -0.2) is 4.98 Å². The normalized spacial score (nSPS) is 18.0. The second-order valence-electron chi connectivity index (χ2n) is 8.55. The fraction of sp³-hybridized carbons (Fsp3) is 0.269. The zero-order valence-corrected chi connectivity index (χ0v) is 18.7. The lowest BCUT2D eigenvalue weighted by Crippen LogP contribution is -2.39. The number of esters is 1. The Morgan fingerprint density at radius 1 is 1.06 bits per heavy atom. The molecule has 1 amide bonds. The summed E-state index contributed by atoms with van der Waals surface area (Å²) in [5, 5.41) is 3.52. The van der Waals surface area contributed by atoms with Crippen molar-refractivity contribution in [3.05, 3.63) is 77.0 Å². The molecule has 5 rings (SSSR count). The van der Waals surface area contributed by atoms with Gasteiger partial charge in [-0.3, -0.25) is 23.8 Å². The maximum atomic E-state index is 13.3. The van der Waals surface area contributed by atoms with Crippen molar-refractivity contribution in [2.75, 3.05) is 7.11 Å². The smallest absolute Gasteiger partial charge is 0.308 e. The van der Waals surface area contributed by atoms with Crippen LogP contribution in [0.3, 0.4) is 0 Å². The van der Waals surface area contributed by atoms with Crippen LogP contribution in [0.15, 0.2) is 65.8 Å². The summed E-state index contributed by atoms with van der Waals surface area (Å²) >= 11 is 0. The fourth-order valence-corrected chi connectivity index (χ4v) is 4.62. The average molecular weight is 457 g/mol. The first-order chi connectivity index (χ1) is 16.5. The maximum Gasteiger partial charge on any atom is 0.308 e. The molecular weight excluding hydrogens is 432 g/mol. The number of methoxy groups -OCH3 is 1. The molecule has 172 valence electrons. The van der Waals surface area contributed by atoms with Crippen molar-refractivity contribution >= 4 is 28.4 Å². The molecule has 4 aromatic rings. The van der Waals surface area contributed by atoms with Gasteiger partial charge in [-0.1, -0.05) is 12.1 Å². The molecule has 34 heavy (non-hydrogen) atoms.